The minimum Gasteiger partial charge on any atom is -0.478 e. The minimum atomic E-state index is -0.913. The molecule has 4 heteroatoms. The maximum absolute atomic E-state index is 10.8. The standard InChI is InChI=1S/C13H18N2O2/c1-9(10-4-2-3-5-10)15-12-8-11(13(16)17)6-7-14-12/h6-10H,2-5H2,1H3,(H,14,15)(H,16,17). The van der Waals surface area contributed by atoms with Gasteiger partial charge in [0.2, 0.25) is 0 Å². The molecule has 1 saturated carbocycles. The SMILES string of the molecule is CC(Nc1cc(C(=O)O)ccn1)C1CCCC1. The van der Waals surface area contributed by atoms with Gasteiger partial charge in [0.05, 0.1) is 5.56 Å². The lowest BCUT2D eigenvalue weighted by Gasteiger charge is -2.20. The summed E-state index contributed by atoms with van der Waals surface area (Å²) in [6.07, 6.45) is 6.66. The number of carboxylic acid groups (broad SMARTS) is 1. The lowest BCUT2D eigenvalue weighted by Crippen LogP contribution is -2.24. The van der Waals surface area contributed by atoms with Crippen LogP contribution in [-0.2, 0) is 0 Å². The summed E-state index contributed by atoms with van der Waals surface area (Å²) in [5.41, 5.74) is 0.279. The van der Waals surface area contributed by atoms with Gasteiger partial charge in [-0.1, -0.05) is 12.8 Å². The van der Waals surface area contributed by atoms with Crippen LogP contribution in [0, 0.1) is 5.92 Å². The predicted octanol–water partition coefficient (Wildman–Crippen LogP) is 2.77. The van der Waals surface area contributed by atoms with E-state index in [0.29, 0.717) is 17.8 Å². The average molecular weight is 234 g/mol. The van der Waals surface area contributed by atoms with Crippen molar-refractivity contribution < 1.29 is 9.90 Å². The van der Waals surface area contributed by atoms with Crippen LogP contribution in [0.3, 0.4) is 0 Å². The Labute approximate surface area is 101 Å². The summed E-state index contributed by atoms with van der Waals surface area (Å²) in [4.78, 5) is 15.0. The Morgan fingerprint density at radius 1 is 1.53 bits per heavy atom. The number of aromatic carboxylic acids is 1. The van der Waals surface area contributed by atoms with E-state index in [-0.39, 0.29) is 5.56 Å². The van der Waals surface area contributed by atoms with Gasteiger partial charge < -0.3 is 10.4 Å². The van der Waals surface area contributed by atoms with Crippen molar-refractivity contribution in [3.8, 4) is 0 Å². The summed E-state index contributed by atoms with van der Waals surface area (Å²) in [5, 5.41) is 12.2. The molecule has 2 rings (SSSR count). The summed E-state index contributed by atoms with van der Waals surface area (Å²) in [6, 6.07) is 3.45. The molecular formula is C13H18N2O2. The highest BCUT2D eigenvalue weighted by Gasteiger charge is 2.21. The Bertz CT molecular complexity index is 400. The van der Waals surface area contributed by atoms with E-state index in [2.05, 4.69) is 17.2 Å². The third-order valence-electron chi connectivity index (χ3n) is 3.49. The predicted molar refractivity (Wildman–Crippen MR) is 66.2 cm³/mol. The summed E-state index contributed by atoms with van der Waals surface area (Å²) < 4.78 is 0. The first-order chi connectivity index (χ1) is 8.16. The molecule has 1 heterocycles. The zero-order valence-corrected chi connectivity index (χ0v) is 10.0. The monoisotopic (exact) mass is 234 g/mol. The molecule has 0 amide bonds. The molecule has 1 aliphatic rings. The van der Waals surface area contributed by atoms with E-state index in [1.54, 1.807) is 6.07 Å². The van der Waals surface area contributed by atoms with Gasteiger partial charge in [-0.25, -0.2) is 9.78 Å². The second-order valence-corrected chi connectivity index (χ2v) is 4.71. The van der Waals surface area contributed by atoms with Crippen LogP contribution < -0.4 is 5.32 Å². The topological polar surface area (TPSA) is 62.2 Å². The molecule has 0 aromatic carbocycles. The van der Waals surface area contributed by atoms with Crippen molar-refractivity contribution in [2.45, 2.75) is 38.6 Å². The third kappa shape index (κ3) is 2.96. The number of rotatable bonds is 4. The maximum Gasteiger partial charge on any atom is 0.335 e. The largest absolute Gasteiger partial charge is 0.478 e. The number of nitrogens with zero attached hydrogens (tertiary/aromatic N) is 1. The number of aromatic nitrogens is 1. The van der Waals surface area contributed by atoms with Gasteiger partial charge in [0.15, 0.2) is 0 Å². The van der Waals surface area contributed by atoms with Crippen molar-refractivity contribution >= 4 is 11.8 Å². The first-order valence-corrected chi connectivity index (χ1v) is 6.12. The van der Waals surface area contributed by atoms with Gasteiger partial charge in [-0.15, -0.1) is 0 Å². The Balaban J connectivity index is 2.02. The van der Waals surface area contributed by atoms with Crippen LogP contribution in [0.2, 0.25) is 0 Å². The summed E-state index contributed by atoms with van der Waals surface area (Å²) in [5.74, 6) is 0.429. The highest BCUT2D eigenvalue weighted by atomic mass is 16.4. The molecule has 92 valence electrons. The molecule has 1 unspecified atom stereocenters. The van der Waals surface area contributed by atoms with Crippen LogP contribution in [0.5, 0.6) is 0 Å². The van der Waals surface area contributed by atoms with Crippen LogP contribution in [0.15, 0.2) is 18.3 Å². The van der Waals surface area contributed by atoms with E-state index in [9.17, 15) is 4.79 Å². The van der Waals surface area contributed by atoms with Crippen LogP contribution >= 0.6 is 0 Å². The second kappa shape index (κ2) is 5.17. The third-order valence-corrected chi connectivity index (χ3v) is 3.49. The van der Waals surface area contributed by atoms with E-state index in [4.69, 9.17) is 5.11 Å². The van der Waals surface area contributed by atoms with Crippen molar-refractivity contribution in [3.05, 3.63) is 23.9 Å². The molecular weight excluding hydrogens is 216 g/mol. The number of hydrogen-bond acceptors (Lipinski definition) is 3. The molecule has 1 fully saturated rings. The summed E-state index contributed by atoms with van der Waals surface area (Å²) in [7, 11) is 0. The fourth-order valence-electron chi connectivity index (χ4n) is 2.45. The van der Waals surface area contributed by atoms with Crippen LogP contribution in [0.25, 0.3) is 0 Å². The fourth-order valence-corrected chi connectivity index (χ4v) is 2.45. The van der Waals surface area contributed by atoms with Gasteiger partial charge in [-0.05, 0) is 37.8 Å². The molecule has 0 aliphatic heterocycles. The summed E-state index contributed by atoms with van der Waals surface area (Å²) >= 11 is 0. The minimum absolute atomic E-state index is 0.279. The molecule has 4 nitrogen and oxygen atoms in total. The van der Waals surface area contributed by atoms with E-state index >= 15 is 0 Å². The zero-order chi connectivity index (χ0) is 12.3. The first kappa shape index (κ1) is 11.9. The highest BCUT2D eigenvalue weighted by molar-refractivity contribution is 5.88. The average Bonchev–Trinajstić information content (AvgIpc) is 2.82. The molecule has 1 aromatic rings. The van der Waals surface area contributed by atoms with Crippen molar-refractivity contribution in [2.24, 2.45) is 5.92 Å². The Morgan fingerprint density at radius 2 is 2.24 bits per heavy atom. The van der Waals surface area contributed by atoms with E-state index in [1.807, 2.05) is 0 Å². The number of hydrogen-bond donors (Lipinski definition) is 2. The number of anilines is 1. The molecule has 0 bridgehead atoms. The molecule has 1 atom stereocenters. The number of pyridine rings is 1. The Hall–Kier alpha value is -1.58. The Kier molecular flexibility index (Phi) is 3.61. The lowest BCUT2D eigenvalue weighted by atomic mass is 10.00. The van der Waals surface area contributed by atoms with Crippen molar-refractivity contribution in [1.29, 1.82) is 0 Å². The van der Waals surface area contributed by atoms with E-state index < -0.39 is 5.97 Å². The summed E-state index contributed by atoms with van der Waals surface area (Å²) in [6.45, 7) is 2.14. The van der Waals surface area contributed by atoms with Gasteiger partial charge in [0.25, 0.3) is 0 Å². The van der Waals surface area contributed by atoms with Gasteiger partial charge in [-0.3, -0.25) is 0 Å². The molecule has 0 saturated heterocycles. The van der Waals surface area contributed by atoms with Gasteiger partial charge in [0, 0.05) is 12.2 Å². The quantitative estimate of drug-likeness (QED) is 0.840. The van der Waals surface area contributed by atoms with Gasteiger partial charge in [0.1, 0.15) is 5.82 Å². The smallest absolute Gasteiger partial charge is 0.335 e. The molecule has 0 radical (unpaired) electrons. The second-order valence-electron chi connectivity index (χ2n) is 4.71. The fraction of sp³-hybridized carbons (Fsp3) is 0.538. The highest BCUT2D eigenvalue weighted by Crippen LogP contribution is 2.28. The Morgan fingerprint density at radius 3 is 2.88 bits per heavy atom. The molecule has 2 N–H and O–H groups in total. The first-order valence-electron chi connectivity index (χ1n) is 6.12. The molecule has 0 spiro atoms. The van der Waals surface area contributed by atoms with Crippen LogP contribution in [-0.4, -0.2) is 22.1 Å². The van der Waals surface area contributed by atoms with Crippen LogP contribution in [0.1, 0.15) is 43.0 Å². The van der Waals surface area contributed by atoms with E-state index in [1.165, 1.54) is 37.9 Å². The maximum atomic E-state index is 10.8. The van der Waals surface area contributed by atoms with Crippen molar-refractivity contribution in [1.82, 2.24) is 4.98 Å². The van der Waals surface area contributed by atoms with E-state index in [0.717, 1.165) is 0 Å². The van der Waals surface area contributed by atoms with Crippen molar-refractivity contribution in [2.75, 3.05) is 5.32 Å². The molecule has 1 aromatic heterocycles. The van der Waals surface area contributed by atoms with Crippen LogP contribution in [0.4, 0.5) is 5.82 Å². The molecule has 1 aliphatic carbocycles. The van der Waals surface area contributed by atoms with Gasteiger partial charge in [-0.2, -0.15) is 0 Å². The lowest BCUT2D eigenvalue weighted by molar-refractivity contribution is 0.0697. The number of carboxylic acids is 1. The molecule has 17 heavy (non-hydrogen) atoms. The normalized spacial score (nSPS) is 17.9. The zero-order valence-electron chi connectivity index (χ0n) is 10.0. The number of nitrogens with one attached hydrogen (secondary N) is 1. The number of carbonyl (C=O) groups is 1. The van der Waals surface area contributed by atoms with Crippen molar-refractivity contribution in [3.63, 3.8) is 0 Å². The van der Waals surface area contributed by atoms with Gasteiger partial charge >= 0.3 is 5.97 Å².